The SMILES string of the molecule is CC(c1ccc(O)cc1)c1oc2cc(O)c(O)cc2c(=O)c1O. The third-order valence-corrected chi connectivity index (χ3v) is 3.78. The summed E-state index contributed by atoms with van der Waals surface area (Å²) in [5, 5.41) is 38.5. The molecule has 0 saturated heterocycles. The summed E-state index contributed by atoms with van der Waals surface area (Å²) >= 11 is 0. The van der Waals surface area contributed by atoms with Gasteiger partial charge in [0.15, 0.2) is 17.3 Å². The largest absolute Gasteiger partial charge is 0.508 e. The van der Waals surface area contributed by atoms with Gasteiger partial charge in [-0.3, -0.25) is 4.79 Å². The minimum atomic E-state index is -0.692. The molecule has 0 radical (unpaired) electrons. The Hall–Kier alpha value is -3.15. The van der Waals surface area contributed by atoms with Gasteiger partial charge < -0.3 is 24.8 Å². The lowest BCUT2D eigenvalue weighted by molar-refractivity contribution is 0.397. The highest BCUT2D eigenvalue weighted by Crippen LogP contribution is 2.35. The Morgan fingerprint density at radius 2 is 1.57 bits per heavy atom. The molecular weight excluding hydrogens is 300 g/mol. The molecule has 4 N–H and O–H groups in total. The number of benzene rings is 2. The van der Waals surface area contributed by atoms with Gasteiger partial charge in [0.05, 0.1) is 5.39 Å². The van der Waals surface area contributed by atoms with Crippen LogP contribution in [0.15, 0.2) is 45.6 Å². The van der Waals surface area contributed by atoms with Gasteiger partial charge in [0.2, 0.25) is 11.2 Å². The zero-order valence-electron chi connectivity index (χ0n) is 12.1. The molecule has 23 heavy (non-hydrogen) atoms. The summed E-state index contributed by atoms with van der Waals surface area (Å²) in [6.45, 7) is 1.73. The van der Waals surface area contributed by atoms with Gasteiger partial charge in [-0.15, -0.1) is 0 Å². The summed E-state index contributed by atoms with van der Waals surface area (Å²) in [5.74, 6) is -1.76. The van der Waals surface area contributed by atoms with Crippen LogP contribution in [0, 0.1) is 0 Å². The smallest absolute Gasteiger partial charge is 0.234 e. The van der Waals surface area contributed by atoms with E-state index in [4.69, 9.17) is 4.42 Å². The second-order valence-electron chi connectivity index (χ2n) is 5.29. The maximum Gasteiger partial charge on any atom is 0.234 e. The predicted molar refractivity (Wildman–Crippen MR) is 83.1 cm³/mol. The monoisotopic (exact) mass is 314 g/mol. The third-order valence-electron chi connectivity index (χ3n) is 3.78. The van der Waals surface area contributed by atoms with Gasteiger partial charge >= 0.3 is 0 Å². The highest BCUT2D eigenvalue weighted by atomic mass is 16.4. The van der Waals surface area contributed by atoms with Crippen molar-refractivity contribution < 1.29 is 24.8 Å². The van der Waals surface area contributed by atoms with Crippen molar-refractivity contribution in [3.8, 4) is 23.0 Å². The van der Waals surface area contributed by atoms with E-state index in [9.17, 15) is 25.2 Å². The maximum atomic E-state index is 12.3. The minimum Gasteiger partial charge on any atom is -0.508 e. The summed E-state index contributed by atoms with van der Waals surface area (Å²) < 4.78 is 5.57. The molecule has 0 amide bonds. The van der Waals surface area contributed by atoms with Crippen LogP contribution < -0.4 is 5.43 Å². The Kier molecular flexibility index (Phi) is 3.37. The van der Waals surface area contributed by atoms with Gasteiger partial charge in [0.1, 0.15) is 11.3 Å². The van der Waals surface area contributed by atoms with Crippen molar-refractivity contribution in [2.45, 2.75) is 12.8 Å². The number of phenols is 3. The number of aromatic hydroxyl groups is 4. The molecule has 0 aliphatic heterocycles. The van der Waals surface area contributed by atoms with E-state index >= 15 is 0 Å². The fraction of sp³-hybridized carbons (Fsp3) is 0.118. The van der Waals surface area contributed by atoms with E-state index in [1.165, 1.54) is 12.1 Å². The van der Waals surface area contributed by atoms with E-state index in [0.29, 0.717) is 0 Å². The summed E-state index contributed by atoms with van der Waals surface area (Å²) in [4.78, 5) is 12.3. The van der Waals surface area contributed by atoms with Crippen molar-refractivity contribution in [1.29, 1.82) is 0 Å². The Morgan fingerprint density at radius 3 is 2.22 bits per heavy atom. The molecule has 1 unspecified atom stereocenters. The van der Waals surface area contributed by atoms with Gasteiger partial charge in [-0.25, -0.2) is 0 Å². The average Bonchev–Trinajstić information content (AvgIpc) is 2.53. The maximum absolute atomic E-state index is 12.3. The van der Waals surface area contributed by atoms with Gasteiger partial charge in [0, 0.05) is 12.0 Å². The van der Waals surface area contributed by atoms with Crippen LogP contribution in [0.5, 0.6) is 23.0 Å². The summed E-state index contributed by atoms with van der Waals surface area (Å²) in [6.07, 6.45) is 0. The molecule has 1 heterocycles. The molecular formula is C17H14O6. The van der Waals surface area contributed by atoms with Gasteiger partial charge in [-0.1, -0.05) is 19.1 Å². The lowest BCUT2D eigenvalue weighted by Gasteiger charge is -2.13. The van der Waals surface area contributed by atoms with E-state index in [0.717, 1.165) is 17.7 Å². The van der Waals surface area contributed by atoms with E-state index in [1.807, 2.05) is 0 Å². The Balaban J connectivity index is 2.21. The molecule has 0 spiro atoms. The molecule has 6 nitrogen and oxygen atoms in total. The van der Waals surface area contributed by atoms with Crippen LogP contribution in [0.4, 0.5) is 0 Å². The number of phenolic OH excluding ortho intramolecular Hbond substituents is 3. The van der Waals surface area contributed by atoms with E-state index in [1.54, 1.807) is 19.1 Å². The Labute approximate surface area is 130 Å². The summed E-state index contributed by atoms with van der Waals surface area (Å²) in [5.41, 5.74) is 0.0921. The number of rotatable bonds is 2. The number of fused-ring (bicyclic) bond motifs is 1. The molecule has 1 aromatic heterocycles. The minimum absolute atomic E-state index is 0.0283. The summed E-state index contributed by atoms with van der Waals surface area (Å²) in [7, 11) is 0. The fourth-order valence-electron chi connectivity index (χ4n) is 2.43. The normalized spacial score (nSPS) is 12.4. The van der Waals surface area contributed by atoms with E-state index in [2.05, 4.69) is 0 Å². The summed E-state index contributed by atoms with van der Waals surface area (Å²) in [6, 6.07) is 8.46. The van der Waals surface area contributed by atoms with Crippen molar-refractivity contribution in [1.82, 2.24) is 0 Å². The highest BCUT2D eigenvalue weighted by molar-refractivity contribution is 5.82. The second-order valence-corrected chi connectivity index (χ2v) is 5.29. The molecule has 0 aliphatic carbocycles. The highest BCUT2D eigenvalue weighted by Gasteiger charge is 2.21. The molecule has 0 saturated carbocycles. The first-order chi connectivity index (χ1) is 10.9. The topological polar surface area (TPSA) is 111 Å². The van der Waals surface area contributed by atoms with Crippen molar-refractivity contribution in [3.63, 3.8) is 0 Å². The fourth-order valence-corrected chi connectivity index (χ4v) is 2.43. The zero-order valence-corrected chi connectivity index (χ0v) is 12.1. The van der Waals surface area contributed by atoms with Crippen molar-refractivity contribution in [2.24, 2.45) is 0 Å². The second kappa shape index (κ2) is 5.24. The number of hydrogen-bond acceptors (Lipinski definition) is 6. The van der Waals surface area contributed by atoms with Crippen LogP contribution in [-0.2, 0) is 0 Å². The number of hydrogen-bond donors (Lipinski definition) is 4. The van der Waals surface area contributed by atoms with E-state index < -0.39 is 28.6 Å². The quantitative estimate of drug-likeness (QED) is 0.541. The molecule has 6 heteroatoms. The van der Waals surface area contributed by atoms with Crippen LogP contribution in [0.1, 0.15) is 24.2 Å². The molecule has 0 fully saturated rings. The van der Waals surface area contributed by atoms with Crippen LogP contribution in [0.25, 0.3) is 11.0 Å². The lowest BCUT2D eigenvalue weighted by Crippen LogP contribution is -2.07. The van der Waals surface area contributed by atoms with Crippen LogP contribution in [0.2, 0.25) is 0 Å². The lowest BCUT2D eigenvalue weighted by atomic mass is 9.97. The van der Waals surface area contributed by atoms with Crippen molar-refractivity contribution in [3.05, 3.63) is 57.9 Å². The van der Waals surface area contributed by atoms with E-state index in [-0.39, 0.29) is 22.5 Å². The van der Waals surface area contributed by atoms with Crippen LogP contribution >= 0.6 is 0 Å². The standard InChI is InChI=1S/C17H14O6/c1-8(9-2-4-10(18)5-3-9)17-16(22)15(21)11-6-12(19)13(20)7-14(11)23-17/h2-8,18-20,22H,1H3. The third kappa shape index (κ3) is 2.44. The van der Waals surface area contributed by atoms with Crippen LogP contribution in [-0.4, -0.2) is 20.4 Å². The first-order valence-corrected chi connectivity index (χ1v) is 6.89. The first-order valence-electron chi connectivity index (χ1n) is 6.89. The first kappa shape index (κ1) is 14.8. The molecule has 3 rings (SSSR count). The predicted octanol–water partition coefficient (Wildman–Crippen LogP) is 2.77. The molecule has 3 aromatic rings. The van der Waals surface area contributed by atoms with Crippen molar-refractivity contribution >= 4 is 11.0 Å². The molecule has 2 aromatic carbocycles. The van der Waals surface area contributed by atoms with Gasteiger partial charge in [-0.05, 0) is 23.8 Å². The Bertz CT molecular complexity index is 940. The molecule has 0 aliphatic rings. The van der Waals surface area contributed by atoms with Crippen LogP contribution in [0.3, 0.4) is 0 Å². The van der Waals surface area contributed by atoms with Crippen molar-refractivity contribution in [2.75, 3.05) is 0 Å². The van der Waals surface area contributed by atoms with Gasteiger partial charge in [0.25, 0.3) is 0 Å². The Morgan fingerprint density at radius 1 is 0.957 bits per heavy atom. The molecule has 0 bridgehead atoms. The average molecular weight is 314 g/mol. The molecule has 118 valence electrons. The van der Waals surface area contributed by atoms with Gasteiger partial charge in [-0.2, -0.15) is 0 Å². The zero-order chi connectivity index (χ0) is 16.7. The molecule has 1 atom stereocenters.